The number of ether oxygens (including phenoxy) is 2. The van der Waals surface area contributed by atoms with Gasteiger partial charge in [0.1, 0.15) is 6.61 Å². The third kappa shape index (κ3) is 61.0. The molecule has 0 aromatic heterocycles. The second kappa shape index (κ2) is 61.1. The lowest BCUT2D eigenvalue weighted by atomic mass is 10.0. The Bertz CT molecular complexity index is 1770. The molecule has 0 aliphatic rings. The predicted molar refractivity (Wildman–Crippen MR) is 330 cm³/mol. The smallest absolute Gasteiger partial charge is 0.462 e. The molecule has 77 heavy (non-hydrogen) atoms. The maximum Gasteiger partial charge on any atom is 0.472 e. The molecule has 0 rings (SSSR count). The van der Waals surface area contributed by atoms with Gasteiger partial charge in [0.05, 0.1) is 13.2 Å². The zero-order chi connectivity index (χ0) is 55.9. The highest BCUT2D eigenvalue weighted by Gasteiger charge is 2.26. The summed E-state index contributed by atoms with van der Waals surface area (Å²) in [5.74, 6) is -0.890. The minimum Gasteiger partial charge on any atom is -0.462 e. The molecule has 0 aromatic carbocycles. The zero-order valence-electron chi connectivity index (χ0n) is 48.6. The van der Waals surface area contributed by atoms with Crippen LogP contribution in [-0.4, -0.2) is 49.3 Å². The van der Waals surface area contributed by atoms with Crippen LogP contribution in [0.5, 0.6) is 0 Å². The van der Waals surface area contributed by atoms with E-state index < -0.39 is 32.5 Å². The lowest BCUT2D eigenvalue weighted by Gasteiger charge is -2.19. The number of nitrogens with two attached hydrogens (primary N) is 1. The van der Waals surface area contributed by atoms with Crippen LogP contribution in [0.4, 0.5) is 0 Å². The highest BCUT2D eigenvalue weighted by atomic mass is 31.2. The van der Waals surface area contributed by atoms with Gasteiger partial charge in [-0.2, -0.15) is 0 Å². The molecule has 2 unspecified atom stereocenters. The number of allylic oxidation sites excluding steroid dienone is 24. The number of rotatable bonds is 55. The van der Waals surface area contributed by atoms with Crippen molar-refractivity contribution >= 4 is 19.8 Å². The van der Waals surface area contributed by atoms with Crippen LogP contribution < -0.4 is 5.73 Å². The SMILES string of the molecule is CC/C=C\C/C=C\C/C=C\C/C=C\C/C=C\C/C=C\C/C=C\C/C=C\C/C=C\C/C=C\CCCCC(=O)OC(COC(=O)CCCCCCCCCCCCC/C=C\C/C=C\CCCCCCC)COP(=O)(O)OCCN. The molecule has 0 fully saturated rings. The van der Waals surface area contributed by atoms with Crippen molar-refractivity contribution in [1.82, 2.24) is 0 Å². The topological polar surface area (TPSA) is 134 Å². The van der Waals surface area contributed by atoms with Crippen LogP contribution >= 0.6 is 7.82 Å². The quantitative estimate of drug-likeness (QED) is 0.0264. The molecule has 0 bridgehead atoms. The average molecular weight is 1090 g/mol. The average Bonchev–Trinajstić information content (AvgIpc) is 3.42. The lowest BCUT2D eigenvalue weighted by molar-refractivity contribution is -0.161. The summed E-state index contributed by atoms with van der Waals surface area (Å²) in [6.07, 6.45) is 87.6. The highest BCUT2D eigenvalue weighted by molar-refractivity contribution is 7.47. The van der Waals surface area contributed by atoms with Crippen LogP contribution in [0.3, 0.4) is 0 Å². The van der Waals surface area contributed by atoms with Gasteiger partial charge in [-0.3, -0.25) is 18.6 Å². The van der Waals surface area contributed by atoms with Crippen molar-refractivity contribution in [2.24, 2.45) is 5.73 Å². The van der Waals surface area contributed by atoms with Crippen LogP contribution in [0.2, 0.25) is 0 Å². The summed E-state index contributed by atoms with van der Waals surface area (Å²) in [7, 11) is -4.41. The number of hydrogen-bond acceptors (Lipinski definition) is 8. The zero-order valence-corrected chi connectivity index (χ0v) is 49.5. The molecular formula is C67H110NO8P. The first kappa shape index (κ1) is 72.9. The van der Waals surface area contributed by atoms with Gasteiger partial charge >= 0.3 is 19.8 Å². The molecule has 436 valence electrons. The number of carbonyl (C=O) groups excluding carboxylic acids is 2. The first-order chi connectivity index (χ1) is 37.8. The summed E-state index contributed by atoms with van der Waals surface area (Å²) in [6, 6.07) is 0. The second-order valence-electron chi connectivity index (χ2n) is 19.5. The fourth-order valence-electron chi connectivity index (χ4n) is 7.75. The van der Waals surface area contributed by atoms with Gasteiger partial charge in [-0.05, 0) is 122 Å². The van der Waals surface area contributed by atoms with Crippen molar-refractivity contribution in [3.05, 3.63) is 146 Å². The second-order valence-corrected chi connectivity index (χ2v) is 20.9. The van der Waals surface area contributed by atoms with E-state index in [4.69, 9.17) is 24.3 Å². The largest absolute Gasteiger partial charge is 0.472 e. The molecule has 0 radical (unpaired) electrons. The van der Waals surface area contributed by atoms with E-state index in [1.54, 1.807) is 0 Å². The summed E-state index contributed by atoms with van der Waals surface area (Å²) >= 11 is 0. The first-order valence-corrected chi connectivity index (χ1v) is 31.8. The summed E-state index contributed by atoms with van der Waals surface area (Å²) in [5, 5.41) is 0. The molecule has 0 saturated heterocycles. The molecule has 0 heterocycles. The Morgan fingerprint density at radius 2 is 0.714 bits per heavy atom. The predicted octanol–water partition coefficient (Wildman–Crippen LogP) is 19.5. The van der Waals surface area contributed by atoms with Crippen molar-refractivity contribution < 1.29 is 37.6 Å². The van der Waals surface area contributed by atoms with Crippen LogP contribution in [-0.2, 0) is 32.7 Å². The number of phosphoric acid groups is 1. The summed E-state index contributed by atoms with van der Waals surface area (Å²) in [4.78, 5) is 35.2. The van der Waals surface area contributed by atoms with Gasteiger partial charge in [0.15, 0.2) is 6.10 Å². The maximum absolute atomic E-state index is 12.7. The fourth-order valence-corrected chi connectivity index (χ4v) is 8.52. The van der Waals surface area contributed by atoms with Gasteiger partial charge in [0.2, 0.25) is 0 Å². The molecule has 0 saturated carbocycles. The van der Waals surface area contributed by atoms with E-state index in [-0.39, 0.29) is 32.6 Å². The van der Waals surface area contributed by atoms with Crippen LogP contribution in [0.15, 0.2) is 146 Å². The molecular weight excluding hydrogens is 978 g/mol. The van der Waals surface area contributed by atoms with Crippen LogP contribution in [0, 0.1) is 0 Å². The Balaban J connectivity index is 4.12. The number of carbonyl (C=O) groups is 2. The van der Waals surface area contributed by atoms with Crippen molar-refractivity contribution in [3.63, 3.8) is 0 Å². The van der Waals surface area contributed by atoms with Crippen molar-refractivity contribution in [3.8, 4) is 0 Å². The Morgan fingerprint density at radius 1 is 0.403 bits per heavy atom. The number of hydrogen-bond donors (Lipinski definition) is 2. The van der Waals surface area contributed by atoms with Crippen LogP contribution in [0.1, 0.15) is 232 Å². The minimum absolute atomic E-state index is 0.0380. The van der Waals surface area contributed by atoms with Crippen molar-refractivity contribution in [2.75, 3.05) is 26.4 Å². The van der Waals surface area contributed by atoms with E-state index in [1.165, 1.54) is 89.9 Å². The van der Waals surface area contributed by atoms with E-state index in [1.807, 2.05) is 0 Å². The Morgan fingerprint density at radius 3 is 1.09 bits per heavy atom. The molecule has 3 N–H and O–H groups in total. The van der Waals surface area contributed by atoms with Gasteiger partial charge in [-0.25, -0.2) is 4.57 Å². The van der Waals surface area contributed by atoms with E-state index in [2.05, 4.69) is 160 Å². The molecule has 0 aliphatic heterocycles. The van der Waals surface area contributed by atoms with Gasteiger partial charge < -0.3 is 20.1 Å². The normalized spacial score (nSPS) is 14.1. The van der Waals surface area contributed by atoms with Gasteiger partial charge in [0, 0.05) is 19.4 Å². The van der Waals surface area contributed by atoms with Crippen LogP contribution in [0.25, 0.3) is 0 Å². The monoisotopic (exact) mass is 1090 g/mol. The molecule has 0 aromatic rings. The highest BCUT2D eigenvalue weighted by Crippen LogP contribution is 2.43. The van der Waals surface area contributed by atoms with Crippen molar-refractivity contribution in [2.45, 2.75) is 238 Å². The van der Waals surface area contributed by atoms with E-state index in [9.17, 15) is 19.0 Å². The molecule has 0 spiro atoms. The first-order valence-electron chi connectivity index (χ1n) is 30.3. The molecule has 2 atom stereocenters. The summed E-state index contributed by atoms with van der Waals surface area (Å²) < 4.78 is 33.0. The molecule has 0 aliphatic carbocycles. The van der Waals surface area contributed by atoms with Gasteiger partial charge in [-0.15, -0.1) is 0 Å². The van der Waals surface area contributed by atoms with Gasteiger partial charge in [0.25, 0.3) is 0 Å². The maximum atomic E-state index is 12.7. The summed E-state index contributed by atoms with van der Waals surface area (Å²) in [5.41, 5.74) is 5.38. The third-order valence-corrected chi connectivity index (χ3v) is 13.2. The fraction of sp³-hybridized carbons (Fsp3) is 0.612. The lowest BCUT2D eigenvalue weighted by Crippen LogP contribution is -2.29. The Kier molecular flexibility index (Phi) is 57.8. The van der Waals surface area contributed by atoms with Gasteiger partial charge in [-0.1, -0.05) is 243 Å². The van der Waals surface area contributed by atoms with E-state index in [0.717, 1.165) is 109 Å². The molecule has 0 amide bonds. The Labute approximate surface area is 471 Å². The standard InChI is InChI=1S/C67H110NO8P/c1-3-5-7-9-11-13-15-17-19-21-23-25-27-28-29-30-31-32-33-34-35-36-38-40-42-44-46-48-50-52-54-56-58-60-67(70)76-65(64-75-77(71,72)74-62-61-68)63-73-66(69)59-57-55-53-51-49-47-45-43-41-39-37-26-24-22-20-18-16-14-12-10-8-6-4-2/h5,7,11,13,16-19,22-25,28-29,31-32,34-35,38,40,44,46,50,52,65H,3-4,6,8-10,12,14-15,20-21,26-27,30,33,36-37,39,41-43,45,47-49,51,53-64,68H2,1-2H3,(H,71,72)/b7-5-,13-11-,18-16-,19-17-,24-22-,25-23-,29-28-,32-31-,35-34-,40-38-,46-44-,52-50-. The third-order valence-electron chi connectivity index (χ3n) is 12.2. The van der Waals surface area contributed by atoms with E-state index in [0.29, 0.717) is 6.42 Å². The summed E-state index contributed by atoms with van der Waals surface area (Å²) in [6.45, 7) is 3.56. The van der Waals surface area contributed by atoms with Crippen molar-refractivity contribution in [1.29, 1.82) is 0 Å². The minimum atomic E-state index is -4.41. The molecule has 9 nitrogen and oxygen atoms in total. The number of phosphoric ester groups is 1. The number of unbranched alkanes of at least 4 members (excludes halogenated alkanes) is 18. The molecule has 10 heteroatoms. The van der Waals surface area contributed by atoms with E-state index >= 15 is 0 Å². The number of esters is 2. The Hall–Kier alpha value is -4.11.